The van der Waals surface area contributed by atoms with E-state index in [0.29, 0.717) is 5.56 Å². The Balaban J connectivity index is 1.85. The Hall–Kier alpha value is -1.79. The quantitative estimate of drug-likeness (QED) is 0.823. The van der Waals surface area contributed by atoms with Crippen LogP contribution in [-0.2, 0) is 15.3 Å². The van der Waals surface area contributed by atoms with Gasteiger partial charge in [0.15, 0.2) is 6.04 Å². The molecule has 1 aromatic heterocycles. The lowest BCUT2D eigenvalue weighted by molar-refractivity contribution is -0.141. The summed E-state index contributed by atoms with van der Waals surface area (Å²) in [6.45, 7) is 0. The number of thiophene rings is 1. The van der Waals surface area contributed by atoms with Gasteiger partial charge in [0.05, 0.1) is 5.75 Å². The maximum Gasteiger partial charge on any atom is 0.330 e. The SMILES string of the molecule is O=C(CSCc1cccs1)N[C@@H](C(=O)O)c1ccccc1. The summed E-state index contributed by atoms with van der Waals surface area (Å²) in [5, 5.41) is 13.8. The number of hydrogen-bond acceptors (Lipinski definition) is 4. The fraction of sp³-hybridized carbons (Fsp3) is 0.200. The van der Waals surface area contributed by atoms with Gasteiger partial charge in [-0.1, -0.05) is 36.4 Å². The molecule has 0 radical (unpaired) electrons. The number of amides is 1. The van der Waals surface area contributed by atoms with Crippen LogP contribution >= 0.6 is 23.1 Å². The molecule has 110 valence electrons. The Morgan fingerprint density at radius 1 is 1.19 bits per heavy atom. The first-order valence-corrected chi connectivity index (χ1v) is 8.37. The zero-order chi connectivity index (χ0) is 15.1. The summed E-state index contributed by atoms with van der Waals surface area (Å²) in [7, 11) is 0. The number of thioether (sulfide) groups is 1. The number of rotatable bonds is 7. The number of carbonyl (C=O) groups is 2. The van der Waals surface area contributed by atoms with Crippen LogP contribution in [0.1, 0.15) is 16.5 Å². The van der Waals surface area contributed by atoms with Gasteiger partial charge in [0, 0.05) is 10.6 Å². The number of nitrogens with one attached hydrogen (secondary N) is 1. The van der Waals surface area contributed by atoms with Gasteiger partial charge in [-0.3, -0.25) is 4.79 Å². The first-order chi connectivity index (χ1) is 10.2. The molecule has 0 spiro atoms. The second-order valence-corrected chi connectivity index (χ2v) is 6.34. The molecule has 1 aromatic carbocycles. The topological polar surface area (TPSA) is 66.4 Å². The van der Waals surface area contributed by atoms with Gasteiger partial charge in [-0.15, -0.1) is 23.1 Å². The molecule has 0 unspecified atom stereocenters. The van der Waals surface area contributed by atoms with E-state index in [0.717, 1.165) is 5.75 Å². The van der Waals surface area contributed by atoms with Crippen LogP contribution in [0.5, 0.6) is 0 Å². The average molecular weight is 321 g/mol. The first kappa shape index (κ1) is 15.6. The standard InChI is InChI=1S/C15H15NO3S2/c17-13(10-20-9-12-7-4-8-21-12)16-14(15(18)19)11-5-2-1-3-6-11/h1-8,14H,9-10H2,(H,16,17)(H,18,19)/t14-/m1/s1. The lowest BCUT2D eigenvalue weighted by Crippen LogP contribution is -2.34. The van der Waals surface area contributed by atoms with E-state index in [9.17, 15) is 14.7 Å². The fourth-order valence-corrected chi connectivity index (χ4v) is 3.45. The summed E-state index contributed by atoms with van der Waals surface area (Å²) < 4.78 is 0. The van der Waals surface area contributed by atoms with Crippen molar-refractivity contribution in [1.82, 2.24) is 5.32 Å². The van der Waals surface area contributed by atoms with Crippen LogP contribution in [0.25, 0.3) is 0 Å². The lowest BCUT2D eigenvalue weighted by Gasteiger charge is -2.14. The maximum absolute atomic E-state index is 11.9. The minimum absolute atomic E-state index is 0.245. The molecule has 1 amide bonds. The van der Waals surface area contributed by atoms with Crippen molar-refractivity contribution in [3.63, 3.8) is 0 Å². The molecule has 2 rings (SSSR count). The molecule has 0 bridgehead atoms. The molecule has 0 aliphatic heterocycles. The van der Waals surface area contributed by atoms with Crippen molar-refractivity contribution in [3.8, 4) is 0 Å². The smallest absolute Gasteiger partial charge is 0.330 e. The van der Waals surface area contributed by atoms with E-state index in [-0.39, 0.29) is 11.7 Å². The fourth-order valence-electron chi connectivity index (χ4n) is 1.77. The third-order valence-electron chi connectivity index (χ3n) is 2.74. The summed E-state index contributed by atoms with van der Waals surface area (Å²) >= 11 is 3.12. The van der Waals surface area contributed by atoms with E-state index in [1.807, 2.05) is 17.5 Å². The molecule has 0 saturated carbocycles. The highest BCUT2D eigenvalue weighted by Gasteiger charge is 2.21. The van der Waals surface area contributed by atoms with E-state index in [2.05, 4.69) is 5.32 Å². The van der Waals surface area contributed by atoms with E-state index in [4.69, 9.17) is 0 Å². The molecule has 1 atom stereocenters. The zero-order valence-corrected chi connectivity index (χ0v) is 12.8. The molecular formula is C15H15NO3S2. The Morgan fingerprint density at radius 3 is 2.57 bits per heavy atom. The van der Waals surface area contributed by atoms with Crippen molar-refractivity contribution < 1.29 is 14.7 Å². The van der Waals surface area contributed by atoms with Crippen LogP contribution in [0.2, 0.25) is 0 Å². The van der Waals surface area contributed by atoms with Crippen LogP contribution < -0.4 is 5.32 Å². The minimum Gasteiger partial charge on any atom is -0.479 e. The molecule has 2 aromatic rings. The van der Waals surface area contributed by atoms with Crippen LogP contribution in [0.3, 0.4) is 0 Å². The second kappa shape index (κ2) is 7.85. The van der Waals surface area contributed by atoms with Gasteiger partial charge < -0.3 is 10.4 Å². The lowest BCUT2D eigenvalue weighted by atomic mass is 10.1. The molecule has 1 heterocycles. The number of aliphatic carboxylic acids is 1. The van der Waals surface area contributed by atoms with E-state index >= 15 is 0 Å². The maximum atomic E-state index is 11.9. The van der Waals surface area contributed by atoms with Gasteiger partial charge in [0.1, 0.15) is 0 Å². The predicted molar refractivity (Wildman–Crippen MR) is 85.4 cm³/mol. The molecule has 0 fully saturated rings. The normalized spacial score (nSPS) is 11.8. The monoisotopic (exact) mass is 321 g/mol. The van der Waals surface area contributed by atoms with Crippen molar-refractivity contribution in [2.75, 3.05) is 5.75 Å². The minimum atomic E-state index is -1.06. The Bertz CT molecular complexity index is 584. The molecule has 0 saturated heterocycles. The number of benzene rings is 1. The van der Waals surface area contributed by atoms with Crippen LogP contribution in [0.15, 0.2) is 47.8 Å². The Morgan fingerprint density at radius 2 is 1.95 bits per heavy atom. The van der Waals surface area contributed by atoms with Crippen molar-refractivity contribution in [3.05, 3.63) is 58.3 Å². The van der Waals surface area contributed by atoms with Crippen LogP contribution in [0.4, 0.5) is 0 Å². The highest BCUT2D eigenvalue weighted by molar-refractivity contribution is 7.99. The number of carboxylic acids is 1. The molecule has 6 heteroatoms. The number of carbonyl (C=O) groups excluding carboxylic acids is 1. The third-order valence-corrected chi connectivity index (χ3v) is 4.78. The highest BCUT2D eigenvalue weighted by Crippen LogP contribution is 2.17. The average Bonchev–Trinajstić information content (AvgIpc) is 2.98. The van der Waals surface area contributed by atoms with Crippen molar-refractivity contribution in [1.29, 1.82) is 0 Å². The van der Waals surface area contributed by atoms with E-state index in [1.165, 1.54) is 16.6 Å². The summed E-state index contributed by atoms with van der Waals surface area (Å²) in [5.41, 5.74) is 0.571. The van der Waals surface area contributed by atoms with Crippen molar-refractivity contribution in [2.45, 2.75) is 11.8 Å². The predicted octanol–water partition coefficient (Wildman–Crippen LogP) is 2.92. The van der Waals surface area contributed by atoms with Crippen LogP contribution in [-0.4, -0.2) is 22.7 Å². The van der Waals surface area contributed by atoms with Gasteiger partial charge >= 0.3 is 5.97 Å². The highest BCUT2D eigenvalue weighted by atomic mass is 32.2. The molecular weight excluding hydrogens is 306 g/mol. The largest absolute Gasteiger partial charge is 0.479 e. The van der Waals surface area contributed by atoms with Gasteiger partial charge in [-0.25, -0.2) is 4.79 Å². The summed E-state index contributed by atoms with van der Waals surface area (Å²) in [4.78, 5) is 24.3. The molecule has 0 aliphatic rings. The van der Waals surface area contributed by atoms with Crippen LogP contribution in [0, 0.1) is 0 Å². The number of hydrogen-bond donors (Lipinski definition) is 2. The zero-order valence-electron chi connectivity index (χ0n) is 11.2. The Kier molecular flexibility index (Phi) is 5.83. The van der Waals surface area contributed by atoms with Crippen molar-refractivity contribution >= 4 is 35.0 Å². The van der Waals surface area contributed by atoms with E-state index in [1.54, 1.807) is 41.7 Å². The molecule has 0 aliphatic carbocycles. The Labute approximate surface area is 131 Å². The van der Waals surface area contributed by atoms with Gasteiger partial charge in [0.2, 0.25) is 5.91 Å². The second-order valence-electron chi connectivity index (χ2n) is 4.32. The van der Waals surface area contributed by atoms with Gasteiger partial charge in [0.25, 0.3) is 0 Å². The van der Waals surface area contributed by atoms with Gasteiger partial charge in [-0.05, 0) is 17.0 Å². The summed E-state index contributed by atoms with van der Waals surface area (Å²) in [6.07, 6.45) is 0. The molecule has 4 nitrogen and oxygen atoms in total. The molecule has 21 heavy (non-hydrogen) atoms. The third kappa shape index (κ3) is 4.91. The summed E-state index contributed by atoms with van der Waals surface area (Å²) in [6, 6.07) is 11.7. The summed E-state index contributed by atoms with van der Waals surface area (Å²) in [5.74, 6) is -0.325. The van der Waals surface area contributed by atoms with Gasteiger partial charge in [-0.2, -0.15) is 0 Å². The molecule has 2 N–H and O–H groups in total. The van der Waals surface area contributed by atoms with Crippen molar-refractivity contribution in [2.24, 2.45) is 0 Å². The number of carboxylic acid groups (broad SMARTS) is 1. The first-order valence-electron chi connectivity index (χ1n) is 6.34. The van der Waals surface area contributed by atoms with E-state index < -0.39 is 12.0 Å².